The second-order valence-corrected chi connectivity index (χ2v) is 8.04. The van der Waals surface area contributed by atoms with Gasteiger partial charge in [0.1, 0.15) is 0 Å². The van der Waals surface area contributed by atoms with Crippen LogP contribution < -0.4 is 0 Å². The van der Waals surface area contributed by atoms with Crippen LogP contribution in [0.1, 0.15) is 32.4 Å². The highest BCUT2D eigenvalue weighted by molar-refractivity contribution is 6.48. The SMILES string of the molecule is C[Si](C)OC(/C=C/C(C)(C)C)c1ccccc1[N+](=O)[O-]. The van der Waals surface area contributed by atoms with Gasteiger partial charge >= 0.3 is 0 Å². The molecule has 0 aromatic heterocycles. The van der Waals surface area contributed by atoms with Gasteiger partial charge in [-0.05, 0) is 24.6 Å². The Kier molecular flexibility index (Phi) is 5.65. The average molecular weight is 292 g/mol. The molecule has 0 heterocycles. The van der Waals surface area contributed by atoms with Crippen LogP contribution in [-0.2, 0) is 4.43 Å². The molecule has 0 N–H and O–H groups in total. The lowest BCUT2D eigenvalue weighted by Gasteiger charge is -2.19. The molecule has 1 radical (unpaired) electrons. The summed E-state index contributed by atoms with van der Waals surface area (Å²) in [6.07, 6.45) is 3.61. The molecule has 0 fully saturated rings. The molecule has 5 heteroatoms. The number of allylic oxidation sites excluding steroid dienone is 1. The number of nitrogens with zero attached hydrogens (tertiary/aromatic N) is 1. The molecular weight excluding hydrogens is 270 g/mol. The molecular formula is C15H22NO3Si. The van der Waals surface area contributed by atoms with Crippen LogP contribution in [0.25, 0.3) is 0 Å². The lowest BCUT2D eigenvalue weighted by Crippen LogP contribution is -2.14. The molecule has 0 aliphatic rings. The Morgan fingerprint density at radius 1 is 1.30 bits per heavy atom. The molecule has 1 atom stereocenters. The van der Waals surface area contributed by atoms with Crippen LogP contribution in [0.4, 0.5) is 5.69 Å². The Morgan fingerprint density at radius 2 is 1.90 bits per heavy atom. The van der Waals surface area contributed by atoms with Gasteiger partial charge in [0.05, 0.1) is 16.6 Å². The average Bonchev–Trinajstić information content (AvgIpc) is 2.33. The highest BCUT2D eigenvalue weighted by Gasteiger charge is 2.22. The van der Waals surface area contributed by atoms with Gasteiger partial charge < -0.3 is 4.43 Å². The Bertz CT molecular complexity index is 492. The summed E-state index contributed by atoms with van der Waals surface area (Å²) in [4.78, 5) is 10.8. The summed E-state index contributed by atoms with van der Waals surface area (Å²) in [5.74, 6) is 0. The summed E-state index contributed by atoms with van der Waals surface area (Å²) >= 11 is 0. The summed E-state index contributed by atoms with van der Waals surface area (Å²) in [5, 5.41) is 11.1. The zero-order chi connectivity index (χ0) is 15.3. The van der Waals surface area contributed by atoms with E-state index in [0.29, 0.717) is 5.56 Å². The molecule has 1 unspecified atom stereocenters. The van der Waals surface area contributed by atoms with Gasteiger partial charge in [0.2, 0.25) is 9.04 Å². The largest absolute Gasteiger partial charge is 0.407 e. The first-order valence-corrected chi connectivity index (χ1v) is 9.01. The number of rotatable bonds is 5. The first-order valence-electron chi connectivity index (χ1n) is 6.60. The molecule has 1 aromatic carbocycles. The molecule has 0 spiro atoms. The van der Waals surface area contributed by atoms with Crippen molar-refractivity contribution in [3.8, 4) is 0 Å². The number of benzene rings is 1. The maximum absolute atomic E-state index is 11.1. The molecule has 20 heavy (non-hydrogen) atoms. The molecule has 109 valence electrons. The number of hydrogen-bond donors (Lipinski definition) is 0. The van der Waals surface area contributed by atoms with E-state index in [1.807, 2.05) is 25.2 Å². The fourth-order valence-electron chi connectivity index (χ4n) is 1.73. The number of nitro groups is 1. The predicted molar refractivity (Wildman–Crippen MR) is 83.0 cm³/mol. The molecule has 0 amide bonds. The van der Waals surface area contributed by atoms with Gasteiger partial charge in [0, 0.05) is 6.07 Å². The zero-order valence-corrected chi connectivity index (χ0v) is 13.7. The van der Waals surface area contributed by atoms with Gasteiger partial charge in [-0.2, -0.15) is 0 Å². The molecule has 1 rings (SSSR count). The minimum Gasteiger partial charge on any atom is -0.407 e. The van der Waals surface area contributed by atoms with Crippen molar-refractivity contribution >= 4 is 14.7 Å². The number of nitro benzene ring substituents is 1. The highest BCUT2D eigenvalue weighted by Crippen LogP contribution is 2.30. The van der Waals surface area contributed by atoms with Crippen molar-refractivity contribution in [1.29, 1.82) is 0 Å². The highest BCUT2D eigenvalue weighted by atomic mass is 28.3. The van der Waals surface area contributed by atoms with Crippen molar-refractivity contribution in [2.24, 2.45) is 5.41 Å². The van der Waals surface area contributed by atoms with Crippen LogP contribution in [-0.4, -0.2) is 14.0 Å². The molecule has 1 aromatic rings. The van der Waals surface area contributed by atoms with E-state index in [1.54, 1.807) is 18.2 Å². The van der Waals surface area contributed by atoms with Gasteiger partial charge in [0.25, 0.3) is 5.69 Å². The van der Waals surface area contributed by atoms with E-state index in [-0.39, 0.29) is 22.1 Å². The minimum atomic E-state index is -0.963. The monoisotopic (exact) mass is 292 g/mol. The maximum atomic E-state index is 11.1. The van der Waals surface area contributed by atoms with Crippen LogP contribution >= 0.6 is 0 Å². The van der Waals surface area contributed by atoms with Gasteiger partial charge in [-0.25, -0.2) is 0 Å². The lowest BCUT2D eigenvalue weighted by atomic mass is 9.94. The van der Waals surface area contributed by atoms with Gasteiger partial charge in [-0.15, -0.1) is 0 Å². The zero-order valence-electron chi connectivity index (χ0n) is 12.7. The minimum absolute atomic E-state index is 0.0134. The Morgan fingerprint density at radius 3 is 2.40 bits per heavy atom. The van der Waals surface area contributed by atoms with Crippen molar-refractivity contribution in [3.05, 3.63) is 52.1 Å². The second kappa shape index (κ2) is 6.81. The van der Waals surface area contributed by atoms with Crippen LogP contribution in [0.5, 0.6) is 0 Å². The summed E-state index contributed by atoms with van der Waals surface area (Å²) in [5.41, 5.74) is 0.739. The van der Waals surface area contributed by atoms with Crippen molar-refractivity contribution in [2.45, 2.75) is 40.0 Å². The molecule has 0 aliphatic carbocycles. The topological polar surface area (TPSA) is 52.4 Å². The van der Waals surface area contributed by atoms with Crippen molar-refractivity contribution in [2.75, 3.05) is 0 Å². The molecule has 0 saturated heterocycles. The normalized spacial score (nSPS) is 13.9. The summed E-state index contributed by atoms with van der Waals surface area (Å²) < 4.78 is 5.93. The summed E-state index contributed by atoms with van der Waals surface area (Å²) in [6, 6.07) is 6.77. The fourth-order valence-corrected chi connectivity index (χ4v) is 2.44. The summed E-state index contributed by atoms with van der Waals surface area (Å²) in [7, 11) is -0.963. The van der Waals surface area contributed by atoms with Crippen LogP contribution in [0.15, 0.2) is 36.4 Å². The first kappa shape index (κ1) is 16.6. The Labute approximate surface area is 122 Å². The van der Waals surface area contributed by atoms with E-state index in [1.165, 1.54) is 6.07 Å². The van der Waals surface area contributed by atoms with E-state index in [2.05, 4.69) is 20.8 Å². The number of hydrogen-bond acceptors (Lipinski definition) is 3. The first-order chi connectivity index (χ1) is 9.20. The van der Waals surface area contributed by atoms with Crippen LogP contribution in [0, 0.1) is 15.5 Å². The fraction of sp³-hybridized carbons (Fsp3) is 0.467. The Hall–Kier alpha value is -1.46. The predicted octanol–water partition coefficient (Wildman–Crippen LogP) is 4.51. The smallest absolute Gasteiger partial charge is 0.275 e. The lowest BCUT2D eigenvalue weighted by molar-refractivity contribution is -0.386. The quantitative estimate of drug-likeness (QED) is 0.347. The third-order valence-electron chi connectivity index (χ3n) is 2.57. The molecule has 4 nitrogen and oxygen atoms in total. The molecule has 0 aliphatic heterocycles. The van der Waals surface area contributed by atoms with Crippen LogP contribution in [0.2, 0.25) is 13.1 Å². The third kappa shape index (κ3) is 5.26. The maximum Gasteiger partial charge on any atom is 0.275 e. The summed E-state index contributed by atoms with van der Waals surface area (Å²) in [6.45, 7) is 10.3. The van der Waals surface area contributed by atoms with E-state index in [9.17, 15) is 10.1 Å². The van der Waals surface area contributed by atoms with E-state index in [4.69, 9.17) is 4.43 Å². The van der Waals surface area contributed by atoms with Gasteiger partial charge in [0.15, 0.2) is 0 Å². The molecule has 0 saturated carbocycles. The van der Waals surface area contributed by atoms with E-state index >= 15 is 0 Å². The van der Waals surface area contributed by atoms with Gasteiger partial charge in [-0.1, -0.05) is 45.1 Å². The third-order valence-corrected chi connectivity index (χ3v) is 3.30. The standard InChI is InChI=1S/C15H22NO3Si/c1-15(2,3)11-10-14(19-20(4)5)12-8-6-7-9-13(12)16(17)18/h6-11,14H,1-5H3/b11-10+. The van der Waals surface area contributed by atoms with Crippen molar-refractivity contribution < 1.29 is 9.35 Å². The van der Waals surface area contributed by atoms with E-state index in [0.717, 1.165) is 0 Å². The van der Waals surface area contributed by atoms with Gasteiger partial charge in [-0.3, -0.25) is 10.1 Å². The van der Waals surface area contributed by atoms with Crippen molar-refractivity contribution in [1.82, 2.24) is 0 Å². The molecule has 0 bridgehead atoms. The number of para-hydroxylation sites is 1. The van der Waals surface area contributed by atoms with Crippen LogP contribution in [0.3, 0.4) is 0 Å². The van der Waals surface area contributed by atoms with Crippen molar-refractivity contribution in [3.63, 3.8) is 0 Å². The van der Waals surface area contributed by atoms with E-state index < -0.39 is 9.04 Å². The second-order valence-electron chi connectivity index (χ2n) is 5.99. The Balaban J connectivity index is 3.17.